The van der Waals surface area contributed by atoms with E-state index in [1.165, 1.54) is 0 Å². The highest BCUT2D eigenvalue weighted by molar-refractivity contribution is 5.79. The third kappa shape index (κ3) is 7.57. The lowest BCUT2D eigenvalue weighted by atomic mass is 10.1. The van der Waals surface area contributed by atoms with Gasteiger partial charge in [0, 0.05) is 13.1 Å². The Morgan fingerprint density at radius 2 is 1.52 bits per heavy atom. The van der Waals surface area contributed by atoms with E-state index in [4.69, 9.17) is 24.1 Å². The summed E-state index contributed by atoms with van der Waals surface area (Å²) in [6, 6.07) is 11.6. The van der Waals surface area contributed by atoms with Crippen LogP contribution < -0.4 is 29.6 Å². The molecule has 0 aliphatic heterocycles. The first-order valence-electron chi connectivity index (χ1n) is 10.3. The molecule has 8 nitrogen and oxygen atoms in total. The van der Waals surface area contributed by atoms with E-state index in [9.17, 15) is 0 Å². The van der Waals surface area contributed by atoms with E-state index in [0.29, 0.717) is 18.0 Å². The standard InChI is InChI=1S/C23H33N3O5/c1-5-24-23(25-11-10-17-6-8-19(28-2)21(14-17)29-3)26-16-18-7-9-20(31-13-12-27)22(15-18)30-4/h6-9,14-15,27H,5,10-13,16H2,1-4H3,(H2,24,25,26). The summed E-state index contributed by atoms with van der Waals surface area (Å²) in [5, 5.41) is 15.5. The number of rotatable bonds is 12. The van der Waals surface area contributed by atoms with Crippen LogP contribution in [-0.2, 0) is 13.0 Å². The lowest BCUT2D eigenvalue weighted by Crippen LogP contribution is -2.38. The number of benzene rings is 2. The fraction of sp³-hybridized carbons (Fsp3) is 0.435. The van der Waals surface area contributed by atoms with Crippen LogP contribution in [0.4, 0.5) is 0 Å². The summed E-state index contributed by atoms with van der Waals surface area (Å²) in [6.45, 7) is 4.18. The molecule has 0 saturated heterocycles. The molecule has 0 saturated carbocycles. The molecule has 3 N–H and O–H groups in total. The second-order valence-electron chi connectivity index (χ2n) is 6.62. The van der Waals surface area contributed by atoms with Gasteiger partial charge < -0.3 is 34.7 Å². The Hall–Kier alpha value is -3.13. The second kappa shape index (κ2) is 13.2. The number of methoxy groups -OCH3 is 3. The molecule has 0 heterocycles. The zero-order valence-electron chi connectivity index (χ0n) is 18.7. The molecule has 0 unspecified atom stereocenters. The highest BCUT2D eigenvalue weighted by Gasteiger charge is 2.07. The maximum atomic E-state index is 8.93. The molecule has 170 valence electrons. The van der Waals surface area contributed by atoms with Gasteiger partial charge >= 0.3 is 0 Å². The van der Waals surface area contributed by atoms with Gasteiger partial charge in [-0.2, -0.15) is 0 Å². The van der Waals surface area contributed by atoms with Crippen LogP contribution in [-0.4, -0.2) is 58.7 Å². The Kier molecular flexibility index (Phi) is 10.3. The van der Waals surface area contributed by atoms with Crippen molar-refractivity contribution < 1.29 is 24.1 Å². The molecule has 0 aliphatic rings. The van der Waals surface area contributed by atoms with Crippen molar-refractivity contribution in [1.29, 1.82) is 0 Å². The van der Waals surface area contributed by atoms with Crippen LogP contribution in [0, 0.1) is 0 Å². The lowest BCUT2D eigenvalue weighted by molar-refractivity contribution is 0.196. The van der Waals surface area contributed by atoms with Gasteiger partial charge in [0.25, 0.3) is 0 Å². The minimum absolute atomic E-state index is 0.0454. The normalized spacial score (nSPS) is 11.1. The molecule has 2 aromatic rings. The number of nitrogens with zero attached hydrogens (tertiary/aromatic N) is 1. The van der Waals surface area contributed by atoms with Gasteiger partial charge in [-0.3, -0.25) is 0 Å². The minimum atomic E-state index is -0.0454. The van der Waals surface area contributed by atoms with E-state index in [1.54, 1.807) is 21.3 Å². The van der Waals surface area contributed by atoms with Crippen molar-refractivity contribution in [2.75, 3.05) is 47.6 Å². The predicted molar refractivity (Wildman–Crippen MR) is 122 cm³/mol. The number of guanidine groups is 1. The number of ether oxygens (including phenoxy) is 4. The van der Waals surface area contributed by atoms with Gasteiger partial charge in [-0.15, -0.1) is 0 Å². The lowest BCUT2D eigenvalue weighted by Gasteiger charge is -2.13. The molecule has 0 atom stereocenters. The van der Waals surface area contributed by atoms with Crippen molar-refractivity contribution >= 4 is 5.96 Å². The Morgan fingerprint density at radius 3 is 2.19 bits per heavy atom. The summed E-state index contributed by atoms with van der Waals surface area (Å²) in [6.07, 6.45) is 0.815. The van der Waals surface area contributed by atoms with Gasteiger partial charge in [-0.05, 0) is 48.7 Å². The van der Waals surface area contributed by atoms with E-state index in [1.807, 2.05) is 43.3 Å². The largest absolute Gasteiger partial charge is 0.493 e. The quantitative estimate of drug-likeness (QED) is 0.351. The molecular weight excluding hydrogens is 398 g/mol. The molecule has 0 amide bonds. The van der Waals surface area contributed by atoms with Crippen molar-refractivity contribution in [2.24, 2.45) is 4.99 Å². The Balaban J connectivity index is 1.97. The number of aliphatic hydroxyl groups excluding tert-OH is 1. The number of hydrogen-bond acceptors (Lipinski definition) is 6. The molecule has 0 aromatic heterocycles. The number of aliphatic imine (C=N–C) groups is 1. The van der Waals surface area contributed by atoms with Crippen LogP contribution in [0.15, 0.2) is 41.4 Å². The van der Waals surface area contributed by atoms with Crippen LogP contribution in [0.5, 0.6) is 23.0 Å². The molecular formula is C23H33N3O5. The van der Waals surface area contributed by atoms with Crippen molar-refractivity contribution in [3.63, 3.8) is 0 Å². The van der Waals surface area contributed by atoms with Crippen LogP contribution in [0.3, 0.4) is 0 Å². The van der Waals surface area contributed by atoms with E-state index in [0.717, 1.165) is 48.1 Å². The zero-order valence-corrected chi connectivity index (χ0v) is 18.7. The van der Waals surface area contributed by atoms with Crippen LogP contribution in [0.25, 0.3) is 0 Å². The third-order valence-electron chi connectivity index (χ3n) is 4.49. The summed E-state index contributed by atoms with van der Waals surface area (Å²) in [5.41, 5.74) is 2.13. The summed E-state index contributed by atoms with van der Waals surface area (Å²) in [4.78, 5) is 4.66. The molecule has 0 radical (unpaired) electrons. The van der Waals surface area contributed by atoms with Crippen LogP contribution in [0.2, 0.25) is 0 Å². The topological polar surface area (TPSA) is 93.6 Å². The average molecular weight is 432 g/mol. The van der Waals surface area contributed by atoms with Crippen molar-refractivity contribution in [3.8, 4) is 23.0 Å². The van der Waals surface area contributed by atoms with E-state index in [2.05, 4.69) is 15.6 Å². The van der Waals surface area contributed by atoms with Gasteiger partial charge in [0.15, 0.2) is 29.0 Å². The summed E-state index contributed by atoms with van der Waals surface area (Å²) < 4.78 is 21.5. The first-order valence-corrected chi connectivity index (χ1v) is 10.3. The minimum Gasteiger partial charge on any atom is -0.493 e. The zero-order chi connectivity index (χ0) is 22.5. The highest BCUT2D eigenvalue weighted by atomic mass is 16.5. The maximum absolute atomic E-state index is 8.93. The Bertz CT molecular complexity index is 842. The summed E-state index contributed by atoms with van der Waals surface area (Å²) in [5.74, 6) is 3.40. The second-order valence-corrected chi connectivity index (χ2v) is 6.62. The fourth-order valence-electron chi connectivity index (χ4n) is 2.96. The van der Waals surface area contributed by atoms with Crippen molar-refractivity contribution in [2.45, 2.75) is 19.9 Å². The molecule has 8 heteroatoms. The molecule has 2 rings (SSSR count). The van der Waals surface area contributed by atoms with Gasteiger partial charge in [0.1, 0.15) is 6.61 Å². The van der Waals surface area contributed by atoms with Gasteiger partial charge in [-0.25, -0.2) is 4.99 Å². The summed E-state index contributed by atoms with van der Waals surface area (Å²) >= 11 is 0. The monoisotopic (exact) mass is 431 g/mol. The molecule has 0 bridgehead atoms. The number of hydrogen-bond donors (Lipinski definition) is 3. The Morgan fingerprint density at radius 1 is 0.871 bits per heavy atom. The SMILES string of the molecule is CCNC(=NCc1ccc(OCCO)c(OC)c1)NCCc1ccc(OC)c(OC)c1. The van der Waals surface area contributed by atoms with Crippen molar-refractivity contribution in [3.05, 3.63) is 47.5 Å². The average Bonchev–Trinajstić information content (AvgIpc) is 2.81. The molecule has 2 aromatic carbocycles. The predicted octanol–water partition coefficient (Wildman–Crippen LogP) is 2.38. The molecule has 0 fully saturated rings. The fourth-order valence-corrected chi connectivity index (χ4v) is 2.96. The van der Waals surface area contributed by atoms with Crippen LogP contribution in [0.1, 0.15) is 18.1 Å². The first-order chi connectivity index (χ1) is 15.1. The molecule has 0 aliphatic carbocycles. The van der Waals surface area contributed by atoms with Gasteiger partial charge in [0.05, 0.1) is 34.5 Å². The summed E-state index contributed by atoms with van der Waals surface area (Å²) in [7, 11) is 4.85. The first kappa shape index (κ1) is 24.1. The number of nitrogens with one attached hydrogen (secondary N) is 2. The smallest absolute Gasteiger partial charge is 0.191 e. The Labute approximate surface area is 184 Å². The number of aliphatic hydroxyl groups is 1. The van der Waals surface area contributed by atoms with E-state index < -0.39 is 0 Å². The highest BCUT2D eigenvalue weighted by Crippen LogP contribution is 2.28. The maximum Gasteiger partial charge on any atom is 0.191 e. The molecule has 0 spiro atoms. The van der Waals surface area contributed by atoms with E-state index in [-0.39, 0.29) is 13.2 Å². The van der Waals surface area contributed by atoms with E-state index >= 15 is 0 Å². The third-order valence-corrected chi connectivity index (χ3v) is 4.49. The van der Waals surface area contributed by atoms with Crippen molar-refractivity contribution in [1.82, 2.24) is 10.6 Å². The molecule has 31 heavy (non-hydrogen) atoms. The van der Waals surface area contributed by atoms with Crippen LogP contribution >= 0.6 is 0 Å². The van der Waals surface area contributed by atoms with Gasteiger partial charge in [0.2, 0.25) is 0 Å². The van der Waals surface area contributed by atoms with Gasteiger partial charge in [-0.1, -0.05) is 12.1 Å².